The molecule has 0 radical (unpaired) electrons. The van der Waals surface area contributed by atoms with Crippen LogP contribution in [-0.4, -0.2) is 67.2 Å². The molecule has 0 aliphatic heterocycles. The molecule has 0 spiro atoms. The molecule has 0 bridgehead atoms. The molecule has 10 heteroatoms. The summed E-state index contributed by atoms with van der Waals surface area (Å²) in [6.07, 6.45) is -0.0310. The van der Waals surface area contributed by atoms with Crippen LogP contribution in [0.5, 0.6) is 0 Å². The van der Waals surface area contributed by atoms with Crippen molar-refractivity contribution in [3.05, 3.63) is 71.8 Å². The van der Waals surface area contributed by atoms with Crippen LogP contribution < -0.4 is 16.0 Å². The fourth-order valence-corrected chi connectivity index (χ4v) is 3.73. The lowest BCUT2D eigenvalue weighted by Crippen LogP contribution is -2.56. The van der Waals surface area contributed by atoms with Crippen LogP contribution in [0.2, 0.25) is 0 Å². The second kappa shape index (κ2) is 15.9. The van der Waals surface area contributed by atoms with Gasteiger partial charge in [0.1, 0.15) is 25.0 Å². The Balaban J connectivity index is 2.14. The molecule has 3 atom stereocenters. The van der Waals surface area contributed by atoms with E-state index < -0.39 is 36.0 Å². The number of amides is 4. The van der Waals surface area contributed by atoms with E-state index in [9.17, 15) is 24.0 Å². The van der Waals surface area contributed by atoms with E-state index in [4.69, 9.17) is 4.74 Å². The highest BCUT2D eigenvalue weighted by Gasteiger charge is 2.29. The molecule has 3 N–H and O–H groups in total. The van der Waals surface area contributed by atoms with Gasteiger partial charge in [-0.15, -0.1) is 0 Å². The number of alkyl carbamates (subject to hydrolysis) is 1. The van der Waals surface area contributed by atoms with E-state index in [1.54, 1.807) is 14.1 Å². The Morgan fingerprint density at radius 2 is 1.38 bits per heavy atom. The summed E-state index contributed by atoms with van der Waals surface area (Å²) in [6.45, 7) is 3.85. The molecule has 2 aromatic rings. The predicted octanol–water partition coefficient (Wildman–Crippen LogP) is 2.22. The van der Waals surface area contributed by atoms with Gasteiger partial charge in [-0.1, -0.05) is 74.5 Å². The van der Waals surface area contributed by atoms with Gasteiger partial charge in [0.05, 0.1) is 12.5 Å². The first kappa shape index (κ1) is 31.0. The van der Waals surface area contributed by atoms with Crippen LogP contribution >= 0.6 is 0 Å². The van der Waals surface area contributed by atoms with Gasteiger partial charge in [-0.2, -0.15) is 0 Å². The summed E-state index contributed by atoms with van der Waals surface area (Å²) in [5.41, 5.74) is 1.58. The number of benzene rings is 2. The van der Waals surface area contributed by atoms with Crippen molar-refractivity contribution < 1.29 is 28.7 Å². The zero-order chi connectivity index (χ0) is 28.8. The van der Waals surface area contributed by atoms with Crippen molar-refractivity contribution >= 4 is 30.1 Å². The third-order valence-electron chi connectivity index (χ3n) is 5.83. The van der Waals surface area contributed by atoms with Crippen LogP contribution in [0.4, 0.5) is 4.79 Å². The van der Waals surface area contributed by atoms with Crippen molar-refractivity contribution in [2.45, 2.75) is 57.8 Å². The first-order chi connectivity index (χ1) is 18.6. The van der Waals surface area contributed by atoms with E-state index in [-0.39, 0.29) is 31.3 Å². The van der Waals surface area contributed by atoms with Gasteiger partial charge in [-0.05, 0) is 23.5 Å². The van der Waals surface area contributed by atoms with Crippen LogP contribution in [-0.2, 0) is 36.9 Å². The summed E-state index contributed by atoms with van der Waals surface area (Å²) < 4.78 is 5.28. The molecular weight excluding hydrogens is 500 g/mol. The number of carbonyl (C=O) groups is 5. The summed E-state index contributed by atoms with van der Waals surface area (Å²) in [5, 5.41) is 7.88. The minimum Gasteiger partial charge on any atom is -0.445 e. The molecule has 210 valence electrons. The second-order valence-corrected chi connectivity index (χ2v) is 9.88. The SMILES string of the molecule is CC(C)C[C@H](NC(=O)OCc1ccccc1)C(=O)N[C@@H](Cc1ccccc1)C(=O)N[C@H](C=O)CC(=O)N(C)C. The van der Waals surface area contributed by atoms with Crippen LogP contribution in [0.15, 0.2) is 60.7 Å². The number of hydrogen-bond donors (Lipinski definition) is 3. The van der Waals surface area contributed by atoms with Gasteiger partial charge in [-0.3, -0.25) is 14.4 Å². The number of nitrogens with one attached hydrogen (secondary N) is 3. The maximum Gasteiger partial charge on any atom is 0.408 e. The molecular formula is C29H38N4O6. The lowest BCUT2D eigenvalue weighted by atomic mass is 10.0. The number of aldehydes is 1. The van der Waals surface area contributed by atoms with Crippen LogP contribution in [0.25, 0.3) is 0 Å². The van der Waals surface area contributed by atoms with Gasteiger partial charge >= 0.3 is 6.09 Å². The highest BCUT2D eigenvalue weighted by molar-refractivity contribution is 5.93. The predicted molar refractivity (Wildman–Crippen MR) is 146 cm³/mol. The molecule has 39 heavy (non-hydrogen) atoms. The minimum absolute atomic E-state index is 0.0421. The molecule has 0 aliphatic rings. The van der Waals surface area contributed by atoms with E-state index in [1.165, 1.54) is 4.90 Å². The second-order valence-electron chi connectivity index (χ2n) is 9.88. The highest BCUT2D eigenvalue weighted by atomic mass is 16.5. The Morgan fingerprint density at radius 1 is 0.821 bits per heavy atom. The lowest BCUT2D eigenvalue weighted by molar-refractivity contribution is -0.133. The van der Waals surface area contributed by atoms with Crippen molar-refractivity contribution in [1.82, 2.24) is 20.9 Å². The fourth-order valence-electron chi connectivity index (χ4n) is 3.73. The zero-order valence-corrected chi connectivity index (χ0v) is 22.9. The Bertz CT molecular complexity index is 1090. The standard InChI is InChI=1S/C29H38N4O6/c1-20(2)15-24(32-29(38)39-19-22-13-9-6-10-14-22)28(37)31-25(16-21-11-7-5-8-12-21)27(36)30-23(18-34)17-26(35)33(3)4/h5-14,18,20,23-25H,15-17,19H2,1-4H3,(H,30,36)(H,31,37)(H,32,38)/t23-,24-,25-/m0/s1. The average Bonchev–Trinajstić information content (AvgIpc) is 2.91. The maximum atomic E-state index is 13.3. The van der Waals surface area contributed by atoms with Crippen molar-refractivity contribution in [2.75, 3.05) is 14.1 Å². The number of ether oxygens (including phenoxy) is 1. The lowest BCUT2D eigenvalue weighted by Gasteiger charge is -2.25. The molecule has 0 aliphatic carbocycles. The van der Waals surface area contributed by atoms with Gasteiger partial charge in [0.25, 0.3) is 0 Å². The summed E-state index contributed by atoms with van der Waals surface area (Å²) >= 11 is 0. The van der Waals surface area contributed by atoms with E-state index in [1.807, 2.05) is 74.5 Å². The molecule has 4 amide bonds. The smallest absolute Gasteiger partial charge is 0.408 e. The normalized spacial score (nSPS) is 12.9. The third kappa shape index (κ3) is 11.4. The largest absolute Gasteiger partial charge is 0.445 e. The first-order valence-corrected chi connectivity index (χ1v) is 12.9. The first-order valence-electron chi connectivity index (χ1n) is 12.9. The monoisotopic (exact) mass is 538 g/mol. The van der Waals surface area contributed by atoms with E-state index in [0.29, 0.717) is 12.7 Å². The van der Waals surface area contributed by atoms with Crippen molar-refractivity contribution in [2.24, 2.45) is 5.92 Å². The molecule has 0 fully saturated rings. The summed E-state index contributed by atoms with van der Waals surface area (Å²) in [7, 11) is 3.11. The van der Waals surface area contributed by atoms with E-state index in [2.05, 4.69) is 16.0 Å². The van der Waals surface area contributed by atoms with Gasteiger partial charge < -0.3 is 30.4 Å². The Hall–Kier alpha value is -4.21. The van der Waals surface area contributed by atoms with Gasteiger partial charge in [0, 0.05) is 20.5 Å². The third-order valence-corrected chi connectivity index (χ3v) is 5.83. The minimum atomic E-state index is -1.06. The molecule has 0 saturated carbocycles. The molecule has 10 nitrogen and oxygen atoms in total. The van der Waals surface area contributed by atoms with Crippen LogP contribution in [0, 0.1) is 5.92 Å². The molecule has 2 aromatic carbocycles. The van der Waals surface area contributed by atoms with Gasteiger partial charge in [0.15, 0.2) is 0 Å². The summed E-state index contributed by atoms with van der Waals surface area (Å²) in [6, 6.07) is 15.1. The molecule has 0 aromatic heterocycles. The van der Waals surface area contributed by atoms with Crippen LogP contribution in [0.3, 0.4) is 0 Å². The van der Waals surface area contributed by atoms with Gasteiger partial charge in [-0.25, -0.2) is 4.79 Å². The molecule has 0 saturated heterocycles. The summed E-state index contributed by atoms with van der Waals surface area (Å²) in [4.78, 5) is 64.0. The van der Waals surface area contributed by atoms with Crippen molar-refractivity contribution in [1.29, 1.82) is 0 Å². The van der Waals surface area contributed by atoms with Crippen molar-refractivity contribution in [3.63, 3.8) is 0 Å². The number of hydrogen-bond acceptors (Lipinski definition) is 6. The number of nitrogens with zero attached hydrogens (tertiary/aromatic N) is 1. The zero-order valence-electron chi connectivity index (χ0n) is 22.9. The number of carbonyl (C=O) groups excluding carboxylic acids is 5. The quantitative estimate of drug-likeness (QED) is 0.316. The Kier molecular flexibility index (Phi) is 12.6. The Morgan fingerprint density at radius 3 is 1.92 bits per heavy atom. The van der Waals surface area contributed by atoms with E-state index in [0.717, 1.165) is 11.1 Å². The van der Waals surface area contributed by atoms with Gasteiger partial charge in [0.2, 0.25) is 17.7 Å². The topological polar surface area (TPSA) is 134 Å². The average molecular weight is 539 g/mol. The Labute approximate surface area is 229 Å². The highest BCUT2D eigenvalue weighted by Crippen LogP contribution is 2.09. The maximum absolute atomic E-state index is 13.3. The summed E-state index contributed by atoms with van der Waals surface area (Å²) in [5.74, 6) is -1.46. The van der Waals surface area contributed by atoms with E-state index >= 15 is 0 Å². The van der Waals surface area contributed by atoms with Crippen molar-refractivity contribution in [3.8, 4) is 0 Å². The number of rotatable bonds is 14. The molecule has 0 unspecified atom stereocenters. The van der Waals surface area contributed by atoms with Crippen LogP contribution in [0.1, 0.15) is 37.8 Å². The fraction of sp³-hybridized carbons (Fsp3) is 0.414. The molecule has 2 rings (SSSR count). The molecule has 0 heterocycles.